The van der Waals surface area contributed by atoms with Crippen LogP contribution in [0.4, 0.5) is 0 Å². The Kier molecular flexibility index (Phi) is 41.2. The van der Waals surface area contributed by atoms with Crippen LogP contribution in [0.1, 0.15) is 162 Å². The molecular weight excluding hydrogens is 750 g/mol. The Morgan fingerprint density at radius 1 is 0.534 bits per heavy atom. The van der Waals surface area contributed by atoms with E-state index in [-0.39, 0.29) is 32.6 Å². The highest BCUT2D eigenvalue weighted by atomic mass is 31.2. The van der Waals surface area contributed by atoms with E-state index in [0.717, 1.165) is 70.6 Å². The summed E-state index contributed by atoms with van der Waals surface area (Å²) in [5.74, 6) is -0.944. The first-order valence-electron chi connectivity index (χ1n) is 22.2. The van der Waals surface area contributed by atoms with Crippen molar-refractivity contribution in [2.75, 3.05) is 26.4 Å². The van der Waals surface area contributed by atoms with Crippen LogP contribution in [0.25, 0.3) is 0 Å². The molecule has 0 aliphatic heterocycles. The third kappa shape index (κ3) is 42.5. The fraction of sp³-hybridized carbons (Fsp3) is 0.625. The third-order valence-electron chi connectivity index (χ3n) is 8.72. The first-order chi connectivity index (χ1) is 28.3. The zero-order valence-corrected chi connectivity index (χ0v) is 37.1. The standard InChI is InChI=1S/C48H80NO8P/c1-3-5-7-9-11-13-15-17-19-21-23-25-27-29-31-33-35-37-39-41-48(51)57-46(45-56-58(52,53)55-43-42-49)44-54-47(50)40-38-36-34-32-30-28-26-24-22-20-18-16-14-12-10-8-6-4-2/h5,7,11,13-14,16-17,19-20,22-23,25,29,31,35,37,46H,3-4,6,8-10,12,15,18,21,24,26-28,30,32-34,36,38-45,49H2,1-2H3,(H,52,53)/b7-5-,13-11-,16-14-,19-17-,22-20-,25-23-,31-29-,37-35-. The van der Waals surface area contributed by atoms with Crippen molar-refractivity contribution < 1.29 is 37.6 Å². The first kappa shape index (κ1) is 54.9. The number of phosphoric ester groups is 1. The number of phosphoric acid groups is 1. The lowest BCUT2D eigenvalue weighted by Crippen LogP contribution is -2.29. The van der Waals surface area contributed by atoms with Crippen LogP contribution in [0, 0.1) is 0 Å². The van der Waals surface area contributed by atoms with Crippen molar-refractivity contribution in [3.05, 3.63) is 97.2 Å². The molecule has 10 heteroatoms. The molecule has 58 heavy (non-hydrogen) atoms. The Bertz CT molecular complexity index is 1270. The average molecular weight is 830 g/mol. The van der Waals surface area contributed by atoms with E-state index in [4.69, 9.17) is 24.3 Å². The summed E-state index contributed by atoms with van der Waals surface area (Å²) in [5.41, 5.74) is 5.34. The molecule has 0 bridgehead atoms. The van der Waals surface area contributed by atoms with Gasteiger partial charge in [0.1, 0.15) is 6.61 Å². The van der Waals surface area contributed by atoms with Gasteiger partial charge >= 0.3 is 19.8 Å². The Morgan fingerprint density at radius 3 is 1.48 bits per heavy atom. The average Bonchev–Trinajstić information content (AvgIpc) is 3.21. The van der Waals surface area contributed by atoms with Crippen LogP contribution in [0.3, 0.4) is 0 Å². The van der Waals surface area contributed by atoms with Crippen molar-refractivity contribution in [2.45, 2.75) is 168 Å². The lowest BCUT2D eigenvalue weighted by Gasteiger charge is -2.19. The molecule has 0 aromatic rings. The van der Waals surface area contributed by atoms with E-state index in [0.29, 0.717) is 12.8 Å². The topological polar surface area (TPSA) is 134 Å². The molecule has 0 aromatic heterocycles. The molecule has 3 N–H and O–H groups in total. The molecule has 0 spiro atoms. The molecule has 2 atom stereocenters. The summed E-state index contributed by atoms with van der Waals surface area (Å²) >= 11 is 0. The highest BCUT2D eigenvalue weighted by Gasteiger charge is 2.25. The third-order valence-corrected chi connectivity index (χ3v) is 9.70. The molecule has 330 valence electrons. The first-order valence-corrected chi connectivity index (χ1v) is 23.7. The van der Waals surface area contributed by atoms with Gasteiger partial charge in [0.05, 0.1) is 13.2 Å². The summed E-state index contributed by atoms with van der Waals surface area (Å²) in [7, 11) is -4.41. The quantitative estimate of drug-likeness (QED) is 0.0268. The van der Waals surface area contributed by atoms with E-state index in [2.05, 4.69) is 98.9 Å². The van der Waals surface area contributed by atoms with Crippen LogP contribution in [0.2, 0.25) is 0 Å². The monoisotopic (exact) mass is 830 g/mol. The van der Waals surface area contributed by atoms with Gasteiger partial charge in [-0.25, -0.2) is 4.57 Å². The van der Waals surface area contributed by atoms with Gasteiger partial charge in [0.15, 0.2) is 6.10 Å². The smallest absolute Gasteiger partial charge is 0.462 e. The molecular formula is C48H80NO8P. The molecule has 0 aromatic carbocycles. The molecule has 2 unspecified atom stereocenters. The van der Waals surface area contributed by atoms with Crippen LogP contribution in [0.15, 0.2) is 97.2 Å². The molecule has 0 fully saturated rings. The second-order valence-corrected chi connectivity index (χ2v) is 15.6. The number of carbonyl (C=O) groups is 2. The Balaban J connectivity index is 4.30. The predicted octanol–water partition coefficient (Wildman–Crippen LogP) is 13.0. The number of hydrogen-bond donors (Lipinski definition) is 2. The molecule has 0 rings (SSSR count). The van der Waals surface area contributed by atoms with E-state index in [9.17, 15) is 19.0 Å². The van der Waals surface area contributed by atoms with Crippen molar-refractivity contribution in [3.8, 4) is 0 Å². The van der Waals surface area contributed by atoms with Crippen LogP contribution < -0.4 is 5.73 Å². The molecule has 0 saturated carbocycles. The molecule has 0 aliphatic carbocycles. The van der Waals surface area contributed by atoms with Gasteiger partial charge in [0.25, 0.3) is 0 Å². The number of hydrogen-bond acceptors (Lipinski definition) is 8. The number of rotatable bonds is 40. The van der Waals surface area contributed by atoms with E-state index in [1.165, 1.54) is 51.4 Å². The largest absolute Gasteiger partial charge is 0.472 e. The van der Waals surface area contributed by atoms with Gasteiger partial charge < -0.3 is 20.1 Å². The summed E-state index contributed by atoms with van der Waals surface area (Å²) in [5, 5.41) is 0. The summed E-state index contributed by atoms with van der Waals surface area (Å²) in [6.45, 7) is 3.49. The van der Waals surface area contributed by atoms with Crippen molar-refractivity contribution in [3.63, 3.8) is 0 Å². The number of nitrogens with two attached hydrogens (primary N) is 1. The van der Waals surface area contributed by atoms with E-state index < -0.39 is 32.5 Å². The molecule has 0 radical (unpaired) electrons. The van der Waals surface area contributed by atoms with Crippen molar-refractivity contribution >= 4 is 19.8 Å². The fourth-order valence-corrected chi connectivity index (χ4v) is 6.22. The van der Waals surface area contributed by atoms with Gasteiger partial charge in [-0.2, -0.15) is 0 Å². The molecule has 9 nitrogen and oxygen atoms in total. The molecule has 0 heterocycles. The van der Waals surface area contributed by atoms with Crippen molar-refractivity contribution in [1.82, 2.24) is 0 Å². The van der Waals surface area contributed by atoms with Crippen LogP contribution >= 0.6 is 7.82 Å². The number of unbranched alkanes of at least 4 members (excludes halogenated alkanes) is 11. The zero-order chi connectivity index (χ0) is 42.5. The van der Waals surface area contributed by atoms with E-state index in [1.807, 2.05) is 12.2 Å². The normalized spacial score (nSPS) is 14.2. The Morgan fingerprint density at radius 2 is 0.983 bits per heavy atom. The Hall–Kier alpha value is -3.07. The van der Waals surface area contributed by atoms with Gasteiger partial charge in [-0.1, -0.05) is 162 Å². The summed E-state index contributed by atoms with van der Waals surface area (Å²) in [6, 6.07) is 0. The highest BCUT2D eigenvalue weighted by Crippen LogP contribution is 2.43. The summed E-state index contributed by atoms with van der Waals surface area (Å²) < 4.78 is 32.7. The minimum atomic E-state index is -4.41. The minimum absolute atomic E-state index is 0.0355. The predicted molar refractivity (Wildman–Crippen MR) is 242 cm³/mol. The van der Waals surface area contributed by atoms with Gasteiger partial charge in [0.2, 0.25) is 0 Å². The van der Waals surface area contributed by atoms with Crippen molar-refractivity contribution in [1.29, 1.82) is 0 Å². The second kappa shape index (κ2) is 43.5. The molecule has 0 amide bonds. The minimum Gasteiger partial charge on any atom is -0.462 e. The number of esters is 2. The fourth-order valence-electron chi connectivity index (χ4n) is 5.45. The SMILES string of the molecule is CC/C=C\C/C=C\C/C=C\C/C=C\C/C=C\C/C=C\CCC(=O)OC(COC(=O)CCCCCCCCC/C=C\C/C=C\CCCCCC)COP(=O)(O)OCCN. The number of carbonyl (C=O) groups excluding carboxylic acids is 2. The maximum atomic E-state index is 12.6. The van der Waals surface area contributed by atoms with E-state index in [1.54, 1.807) is 0 Å². The summed E-state index contributed by atoms with van der Waals surface area (Å²) in [4.78, 5) is 34.9. The second-order valence-electron chi connectivity index (χ2n) is 14.2. The Labute approximate surface area is 353 Å². The van der Waals surface area contributed by atoms with E-state index >= 15 is 0 Å². The molecule has 0 saturated heterocycles. The number of allylic oxidation sites excluding steroid dienone is 16. The van der Waals surface area contributed by atoms with Crippen LogP contribution in [0.5, 0.6) is 0 Å². The number of ether oxygens (including phenoxy) is 2. The zero-order valence-electron chi connectivity index (χ0n) is 36.2. The lowest BCUT2D eigenvalue weighted by molar-refractivity contribution is -0.161. The van der Waals surface area contributed by atoms with Gasteiger partial charge in [-0.15, -0.1) is 0 Å². The maximum Gasteiger partial charge on any atom is 0.472 e. The van der Waals surface area contributed by atoms with Crippen LogP contribution in [-0.4, -0.2) is 49.3 Å². The summed E-state index contributed by atoms with van der Waals surface area (Å²) in [6.07, 6.45) is 55.9. The van der Waals surface area contributed by atoms with Gasteiger partial charge in [0, 0.05) is 19.4 Å². The maximum absolute atomic E-state index is 12.6. The van der Waals surface area contributed by atoms with Gasteiger partial charge in [-0.3, -0.25) is 18.6 Å². The van der Waals surface area contributed by atoms with Gasteiger partial charge in [-0.05, 0) is 83.5 Å². The molecule has 0 aliphatic rings. The van der Waals surface area contributed by atoms with Crippen molar-refractivity contribution in [2.24, 2.45) is 5.73 Å². The lowest BCUT2D eigenvalue weighted by atomic mass is 10.1. The highest BCUT2D eigenvalue weighted by molar-refractivity contribution is 7.47. The van der Waals surface area contributed by atoms with Crippen LogP contribution in [-0.2, 0) is 32.7 Å².